The number of hydrogen-bond acceptors (Lipinski definition) is 2. The summed E-state index contributed by atoms with van der Waals surface area (Å²) in [5.41, 5.74) is 0.846. The Morgan fingerprint density at radius 2 is 2.08 bits per heavy atom. The van der Waals surface area contributed by atoms with Crippen molar-refractivity contribution in [1.82, 2.24) is 14.4 Å². The SMILES string of the molecule is Cc1nc2c(Br)nc(Br)cn2c1F. The van der Waals surface area contributed by atoms with Gasteiger partial charge in [-0.15, -0.1) is 0 Å². The zero-order valence-electron chi connectivity index (χ0n) is 6.55. The first-order valence-corrected chi connectivity index (χ1v) is 5.04. The van der Waals surface area contributed by atoms with Gasteiger partial charge in [0.15, 0.2) is 10.3 Å². The highest BCUT2D eigenvalue weighted by Gasteiger charge is 2.11. The van der Waals surface area contributed by atoms with Crippen LogP contribution in [0, 0.1) is 12.9 Å². The lowest BCUT2D eigenvalue weighted by molar-refractivity contribution is 0.563. The highest BCUT2D eigenvalue weighted by Crippen LogP contribution is 2.20. The summed E-state index contributed by atoms with van der Waals surface area (Å²) in [7, 11) is 0. The quantitative estimate of drug-likeness (QED) is 0.749. The Labute approximate surface area is 90.3 Å². The average Bonchev–Trinajstić information content (AvgIpc) is 2.32. The van der Waals surface area contributed by atoms with Crippen LogP contribution in [0.1, 0.15) is 5.69 Å². The molecule has 2 aromatic rings. The molecule has 13 heavy (non-hydrogen) atoms. The summed E-state index contributed by atoms with van der Waals surface area (Å²) in [6, 6.07) is 0. The summed E-state index contributed by atoms with van der Waals surface area (Å²) in [4.78, 5) is 8.05. The molecule has 0 N–H and O–H groups in total. The van der Waals surface area contributed by atoms with Gasteiger partial charge in [0.05, 0.1) is 5.69 Å². The second kappa shape index (κ2) is 3.02. The Hall–Kier alpha value is -0.490. The minimum atomic E-state index is -0.362. The van der Waals surface area contributed by atoms with Crippen LogP contribution in [-0.4, -0.2) is 14.4 Å². The third-order valence-electron chi connectivity index (χ3n) is 1.64. The van der Waals surface area contributed by atoms with Crippen molar-refractivity contribution in [2.24, 2.45) is 0 Å². The number of aryl methyl sites for hydroxylation is 1. The van der Waals surface area contributed by atoms with E-state index in [2.05, 4.69) is 41.8 Å². The van der Waals surface area contributed by atoms with Crippen molar-refractivity contribution in [3.8, 4) is 0 Å². The molecule has 68 valence electrons. The Morgan fingerprint density at radius 3 is 2.77 bits per heavy atom. The first-order valence-electron chi connectivity index (χ1n) is 3.46. The van der Waals surface area contributed by atoms with E-state index >= 15 is 0 Å². The third-order valence-corrected chi connectivity index (χ3v) is 2.55. The number of imidazole rings is 1. The molecule has 0 aliphatic heterocycles. The summed E-state index contributed by atoms with van der Waals surface area (Å²) in [5.74, 6) is -0.362. The van der Waals surface area contributed by atoms with E-state index < -0.39 is 0 Å². The van der Waals surface area contributed by atoms with Crippen LogP contribution in [0.25, 0.3) is 5.65 Å². The number of hydrogen-bond donors (Lipinski definition) is 0. The normalized spacial score (nSPS) is 11.1. The van der Waals surface area contributed by atoms with Crippen LogP contribution in [0.4, 0.5) is 4.39 Å². The number of aromatic nitrogens is 3. The minimum absolute atomic E-state index is 0.362. The first-order chi connectivity index (χ1) is 6.09. The number of halogens is 3. The maximum Gasteiger partial charge on any atom is 0.221 e. The van der Waals surface area contributed by atoms with Gasteiger partial charge in [-0.1, -0.05) is 0 Å². The van der Waals surface area contributed by atoms with Crippen LogP contribution in [0.2, 0.25) is 0 Å². The van der Waals surface area contributed by atoms with Gasteiger partial charge in [-0.2, -0.15) is 4.39 Å². The summed E-state index contributed by atoms with van der Waals surface area (Å²) < 4.78 is 15.8. The molecule has 0 aliphatic rings. The van der Waals surface area contributed by atoms with E-state index in [0.717, 1.165) is 0 Å². The van der Waals surface area contributed by atoms with Crippen molar-refractivity contribution in [3.05, 3.63) is 27.0 Å². The lowest BCUT2D eigenvalue weighted by Gasteiger charge is -1.96. The molecule has 2 heterocycles. The molecule has 0 amide bonds. The van der Waals surface area contributed by atoms with Gasteiger partial charge in [0, 0.05) is 6.20 Å². The molecule has 0 saturated heterocycles. The van der Waals surface area contributed by atoms with Crippen molar-refractivity contribution >= 4 is 37.5 Å². The maximum absolute atomic E-state index is 13.3. The fourth-order valence-corrected chi connectivity index (χ4v) is 2.16. The van der Waals surface area contributed by atoms with Crippen molar-refractivity contribution in [2.45, 2.75) is 6.92 Å². The van der Waals surface area contributed by atoms with Crippen molar-refractivity contribution < 1.29 is 4.39 Å². The second-order valence-corrected chi connectivity index (χ2v) is 4.10. The van der Waals surface area contributed by atoms with E-state index in [1.165, 1.54) is 10.6 Å². The van der Waals surface area contributed by atoms with Gasteiger partial charge < -0.3 is 0 Å². The lowest BCUT2D eigenvalue weighted by atomic mass is 10.5. The molecule has 6 heteroatoms. The summed E-state index contributed by atoms with van der Waals surface area (Å²) in [6.45, 7) is 1.61. The highest BCUT2D eigenvalue weighted by molar-refractivity contribution is 9.11. The zero-order chi connectivity index (χ0) is 9.59. The minimum Gasteiger partial charge on any atom is -0.271 e. The van der Waals surface area contributed by atoms with Gasteiger partial charge in [0.1, 0.15) is 4.60 Å². The summed E-state index contributed by atoms with van der Waals surface area (Å²) >= 11 is 6.37. The van der Waals surface area contributed by atoms with Crippen molar-refractivity contribution in [3.63, 3.8) is 0 Å². The van der Waals surface area contributed by atoms with E-state index in [1.807, 2.05) is 0 Å². The molecule has 0 bridgehead atoms. The Kier molecular flexibility index (Phi) is 2.11. The number of nitrogens with zero attached hydrogens (tertiary/aromatic N) is 3. The van der Waals surface area contributed by atoms with Crippen LogP contribution in [0.15, 0.2) is 15.4 Å². The molecule has 0 saturated carbocycles. The predicted molar refractivity (Wildman–Crippen MR) is 53.1 cm³/mol. The van der Waals surface area contributed by atoms with Crippen LogP contribution >= 0.6 is 31.9 Å². The molecule has 2 aromatic heterocycles. The predicted octanol–water partition coefficient (Wildman–Crippen LogP) is 2.70. The number of rotatable bonds is 0. The molecular weight excluding hydrogens is 305 g/mol. The summed E-state index contributed by atoms with van der Waals surface area (Å²) in [6.07, 6.45) is 1.54. The largest absolute Gasteiger partial charge is 0.271 e. The lowest BCUT2D eigenvalue weighted by Crippen LogP contribution is -1.92. The molecule has 0 radical (unpaired) electrons. The van der Waals surface area contributed by atoms with E-state index in [0.29, 0.717) is 20.5 Å². The van der Waals surface area contributed by atoms with Crippen LogP contribution < -0.4 is 0 Å². The van der Waals surface area contributed by atoms with Gasteiger partial charge in [-0.05, 0) is 38.8 Å². The molecule has 0 spiro atoms. The molecule has 2 rings (SSSR count). The topological polar surface area (TPSA) is 30.2 Å². The monoisotopic (exact) mass is 307 g/mol. The molecule has 0 unspecified atom stereocenters. The van der Waals surface area contributed by atoms with Gasteiger partial charge in [-0.25, -0.2) is 9.97 Å². The van der Waals surface area contributed by atoms with Crippen LogP contribution in [0.5, 0.6) is 0 Å². The van der Waals surface area contributed by atoms with Gasteiger partial charge in [0.2, 0.25) is 5.95 Å². The van der Waals surface area contributed by atoms with E-state index in [-0.39, 0.29) is 5.95 Å². The number of fused-ring (bicyclic) bond motifs is 1. The van der Waals surface area contributed by atoms with Gasteiger partial charge >= 0.3 is 0 Å². The van der Waals surface area contributed by atoms with Crippen LogP contribution in [-0.2, 0) is 0 Å². The molecular formula is C7H4Br2FN3. The molecule has 0 atom stereocenters. The van der Waals surface area contributed by atoms with E-state index in [1.54, 1.807) is 6.92 Å². The fraction of sp³-hybridized carbons (Fsp3) is 0.143. The van der Waals surface area contributed by atoms with Crippen molar-refractivity contribution in [2.75, 3.05) is 0 Å². The van der Waals surface area contributed by atoms with E-state index in [9.17, 15) is 4.39 Å². The van der Waals surface area contributed by atoms with Crippen molar-refractivity contribution in [1.29, 1.82) is 0 Å². The Balaban J connectivity index is 2.94. The molecule has 0 aliphatic carbocycles. The van der Waals surface area contributed by atoms with E-state index in [4.69, 9.17) is 0 Å². The smallest absolute Gasteiger partial charge is 0.221 e. The average molecular weight is 309 g/mol. The zero-order valence-corrected chi connectivity index (χ0v) is 9.72. The van der Waals surface area contributed by atoms with Gasteiger partial charge in [0.25, 0.3) is 0 Å². The summed E-state index contributed by atoms with van der Waals surface area (Å²) in [5, 5.41) is 0. The van der Waals surface area contributed by atoms with Crippen LogP contribution in [0.3, 0.4) is 0 Å². The second-order valence-electron chi connectivity index (χ2n) is 2.54. The molecule has 3 nitrogen and oxygen atoms in total. The molecule has 0 fully saturated rings. The van der Waals surface area contributed by atoms with Gasteiger partial charge in [-0.3, -0.25) is 4.40 Å². The fourth-order valence-electron chi connectivity index (χ4n) is 1.07. The molecule has 0 aromatic carbocycles. The standard InChI is InChI=1S/C7H4Br2FN3/c1-3-6(10)13-2-4(8)12-5(9)7(13)11-3/h2H,1H3. The Bertz CT molecular complexity index is 480. The third kappa shape index (κ3) is 1.38. The maximum atomic E-state index is 13.3. The highest BCUT2D eigenvalue weighted by atomic mass is 79.9. The Morgan fingerprint density at radius 1 is 1.38 bits per heavy atom. The first kappa shape index (κ1) is 9.08.